The van der Waals surface area contributed by atoms with Gasteiger partial charge in [-0.05, 0) is 44.9 Å². The quantitative estimate of drug-likeness (QED) is 0.751. The summed E-state index contributed by atoms with van der Waals surface area (Å²) < 4.78 is 0. The molecule has 2 heteroatoms. The molecule has 0 saturated heterocycles. The predicted octanol–water partition coefficient (Wildman–Crippen LogP) is 2.46. The molecule has 2 N–H and O–H groups in total. The zero-order valence-corrected chi connectivity index (χ0v) is 9.91. The minimum Gasteiger partial charge on any atom is -0.392 e. The third kappa shape index (κ3) is 2.94. The number of hydrogen-bond acceptors (Lipinski definition) is 2. The highest BCUT2D eigenvalue weighted by atomic mass is 16.3. The molecule has 0 heterocycles. The molecule has 0 unspecified atom stereocenters. The van der Waals surface area contributed by atoms with E-state index in [1.165, 1.54) is 38.5 Å². The third-order valence-corrected chi connectivity index (χ3v) is 4.31. The van der Waals surface area contributed by atoms with Crippen molar-refractivity contribution in [1.82, 2.24) is 5.32 Å². The lowest BCUT2D eigenvalue weighted by Crippen LogP contribution is -2.45. The van der Waals surface area contributed by atoms with Crippen LogP contribution in [0.2, 0.25) is 0 Å². The monoisotopic (exact) mass is 211 g/mol. The van der Waals surface area contributed by atoms with Gasteiger partial charge in [0.05, 0.1) is 6.10 Å². The maximum Gasteiger partial charge on any atom is 0.0693 e. The van der Waals surface area contributed by atoms with Crippen molar-refractivity contribution in [3.8, 4) is 0 Å². The Morgan fingerprint density at radius 1 is 1.00 bits per heavy atom. The fourth-order valence-electron chi connectivity index (χ4n) is 3.24. The topological polar surface area (TPSA) is 32.3 Å². The van der Waals surface area contributed by atoms with Crippen molar-refractivity contribution in [2.45, 2.75) is 76.5 Å². The lowest BCUT2D eigenvalue weighted by atomic mass is 9.84. The van der Waals surface area contributed by atoms with Crippen LogP contribution in [0.5, 0.6) is 0 Å². The van der Waals surface area contributed by atoms with E-state index in [9.17, 15) is 5.11 Å². The molecule has 3 atom stereocenters. The van der Waals surface area contributed by atoms with Gasteiger partial charge >= 0.3 is 0 Å². The van der Waals surface area contributed by atoms with Gasteiger partial charge in [0.2, 0.25) is 0 Å². The van der Waals surface area contributed by atoms with E-state index in [-0.39, 0.29) is 6.10 Å². The summed E-state index contributed by atoms with van der Waals surface area (Å²) in [5.41, 5.74) is 0. The first-order valence-corrected chi connectivity index (χ1v) is 6.71. The average molecular weight is 211 g/mol. The van der Waals surface area contributed by atoms with Gasteiger partial charge in [-0.2, -0.15) is 0 Å². The molecule has 2 aliphatic rings. The molecule has 0 aromatic carbocycles. The van der Waals surface area contributed by atoms with Gasteiger partial charge in [-0.3, -0.25) is 0 Å². The van der Waals surface area contributed by atoms with E-state index in [2.05, 4.69) is 12.2 Å². The van der Waals surface area contributed by atoms with Crippen LogP contribution >= 0.6 is 0 Å². The minimum atomic E-state index is -0.0870. The standard InChI is InChI=1S/C13H25NO/c1-10(11-6-3-2-4-7-11)14-12-8-5-9-13(12)15/h10-15H,2-9H2,1H3/t10-,12-,13-/m1/s1. The Balaban J connectivity index is 1.77. The van der Waals surface area contributed by atoms with Crippen LogP contribution in [0.4, 0.5) is 0 Å². The lowest BCUT2D eigenvalue weighted by molar-refractivity contribution is 0.133. The van der Waals surface area contributed by atoms with Crippen LogP contribution in [0.15, 0.2) is 0 Å². The molecular weight excluding hydrogens is 186 g/mol. The molecule has 0 aromatic heterocycles. The number of aliphatic hydroxyl groups excluding tert-OH is 1. The largest absolute Gasteiger partial charge is 0.392 e. The summed E-state index contributed by atoms with van der Waals surface area (Å²) in [6, 6.07) is 0.977. The molecule has 0 spiro atoms. The first kappa shape index (κ1) is 11.4. The minimum absolute atomic E-state index is 0.0870. The Bertz CT molecular complexity index is 189. The Labute approximate surface area is 93.5 Å². The molecule has 2 aliphatic carbocycles. The van der Waals surface area contributed by atoms with Crippen molar-refractivity contribution in [3.05, 3.63) is 0 Å². The van der Waals surface area contributed by atoms with Crippen LogP contribution < -0.4 is 5.32 Å². The first-order valence-electron chi connectivity index (χ1n) is 6.71. The van der Waals surface area contributed by atoms with Crippen LogP contribution in [-0.2, 0) is 0 Å². The fraction of sp³-hybridized carbons (Fsp3) is 1.00. The highest BCUT2D eigenvalue weighted by Crippen LogP contribution is 2.28. The van der Waals surface area contributed by atoms with Crippen LogP contribution in [0, 0.1) is 5.92 Å². The number of rotatable bonds is 3. The number of aliphatic hydroxyl groups is 1. The predicted molar refractivity (Wildman–Crippen MR) is 62.8 cm³/mol. The molecule has 88 valence electrons. The summed E-state index contributed by atoms with van der Waals surface area (Å²) in [6.07, 6.45) is 10.3. The summed E-state index contributed by atoms with van der Waals surface area (Å²) >= 11 is 0. The molecule has 15 heavy (non-hydrogen) atoms. The Kier molecular flexibility index (Phi) is 4.04. The second kappa shape index (κ2) is 5.31. The van der Waals surface area contributed by atoms with Gasteiger partial charge in [-0.15, -0.1) is 0 Å². The van der Waals surface area contributed by atoms with Gasteiger partial charge in [0.1, 0.15) is 0 Å². The van der Waals surface area contributed by atoms with E-state index in [0.29, 0.717) is 12.1 Å². The van der Waals surface area contributed by atoms with Crippen molar-refractivity contribution in [1.29, 1.82) is 0 Å². The Morgan fingerprint density at radius 2 is 1.73 bits per heavy atom. The van der Waals surface area contributed by atoms with E-state index in [1.807, 2.05) is 0 Å². The molecule has 2 rings (SSSR count). The van der Waals surface area contributed by atoms with Crippen LogP contribution in [0.1, 0.15) is 58.3 Å². The van der Waals surface area contributed by atoms with Crippen LogP contribution in [0.25, 0.3) is 0 Å². The van der Waals surface area contributed by atoms with Crippen molar-refractivity contribution >= 4 is 0 Å². The molecule has 0 bridgehead atoms. The van der Waals surface area contributed by atoms with E-state index in [4.69, 9.17) is 0 Å². The molecule has 2 nitrogen and oxygen atoms in total. The number of nitrogens with one attached hydrogen (secondary N) is 1. The molecule has 2 fully saturated rings. The maximum atomic E-state index is 9.77. The average Bonchev–Trinajstić information content (AvgIpc) is 2.66. The second-order valence-electron chi connectivity index (χ2n) is 5.46. The van der Waals surface area contributed by atoms with Gasteiger partial charge in [0.15, 0.2) is 0 Å². The highest BCUT2D eigenvalue weighted by molar-refractivity contribution is 4.87. The summed E-state index contributed by atoms with van der Waals surface area (Å²) in [5.74, 6) is 0.853. The molecule has 0 aromatic rings. The van der Waals surface area contributed by atoms with Gasteiger partial charge in [-0.25, -0.2) is 0 Å². The summed E-state index contributed by atoms with van der Waals surface area (Å²) in [6.45, 7) is 2.31. The highest BCUT2D eigenvalue weighted by Gasteiger charge is 2.28. The summed E-state index contributed by atoms with van der Waals surface area (Å²) in [5, 5.41) is 13.4. The van der Waals surface area contributed by atoms with Crippen LogP contribution in [-0.4, -0.2) is 23.3 Å². The molecular formula is C13H25NO. The molecule has 0 radical (unpaired) electrons. The SMILES string of the molecule is C[C@@H](N[C@@H]1CCC[C@H]1O)C1CCCCC1. The van der Waals surface area contributed by atoms with E-state index in [0.717, 1.165) is 18.8 Å². The van der Waals surface area contributed by atoms with Gasteiger partial charge < -0.3 is 10.4 Å². The summed E-state index contributed by atoms with van der Waals surface area (Å²) in [7, 11) is 0. The maximum absolute atomic E-state index is 9.77. The first-order chi connectivity index (χ1) is 7.27. The fourth-order valence-corrected chi connectivity index (χ4v) is 3.24. The van der Waals surface area contributed by atoms with Gasteiger partial charge in [0, 0.05) is 12.1 Å². The zero-order valence-electron chi connectivity index (χ0n) is 9.91. The normalized spacial score (nSPS) is 35.6. The van der Waals surface area contributed by atoms with Crippen molar-refractivity contribution in [2.75, 3.05) is 0 Å². The summed E-state index contributed by atoms with van der Waals surface area (Å²) in [4.78, 5) is 0. The van der Waals surface area contributed by atoms with Crippen molar-refractivity contribution in [2.24, 2.45) is 5.92 Å². The smallest absolute Gasteiger partial charge is 0.0693 e. The Morgan fingerprint density at radius 3 is 2.33 bits per heavy atom. The van der Waals surface area contributed by atoms with E-state index in [1.54, 1.807) is 0 Å². The third-order valence-electron chi connectivity index (χ3n) is 4.31. The molecule has 0 aliphatic heterocycles. The lowest BCUT2D eigenvalue weighted by Gasteiger charge is -2.31. The van der Waals surface area contributed by atoms with Crippen LogP contribution in [0.3, 0.4) is 0 Å². The van der Waals surface area contributed by atoms with Gasteiger partial charge in [0.25, 0.3) is 0 Å². The number of hydrogen-bond donors (Lipinski definition) is 2. The zero-order chi connectivity index (χ0) is 10.7. The van der Waals surface area contributed by atoms with Crippen molar-refractivity contribution < 1.29 is 5.11 Å². The van der Waals surface area contributed by atoms with E-state index < -0.39 is 0 Å². The molecule has 0 amide bonds. The second-order valence-corrected chi connectivity index (χ2v) is 5.46. The molecule has 2 saturated carbocycles. The van der Waals surface area contributed by atoms with Crippen molar-refractivity contribution in [3.63, 3.8) is 0 Å². The van der Waals surface area contributed by atoms with E-state index >= 15 is 0 Å². The van der Waals surface area contributed by atoms with Gasteiger partial charge in [-0.1, -0.05) is 19.3 Å². The Hall–Kier alpha value is -0.0800.